The van der Waals surface area contributed by atoms with Gasteiger partial charge in [-0.05, 0) is 30.4 Å². The SMILES string of the molecule is CCCCCCC(O)CCCCCCCCCCC(=O)NCc1ccccc1CN. The fraction of sp³-hybridized carbons (Fsp3) is 0.731. The summed E-state index contributed by atoms with van der Waals surface area (Å²) in [5.41, 5.74) is 7.94. The van der Waals surface area contributed by atoms with Crippen LogP contribution in [0.1, 0.15) is 114 Å². The zero-order chi connectivity index (χ0) is 21.9. The number of rotatable bonds is 19. The van der Waals surface area contributed by atoms with Gasteiger partial charge in [-0.15, -0.1) is 0 Å². The van der Waals surface area contributed by atoms with E-state index < -0.39 is 0 Å². The first kappa shape index (κ1) is 26.6. The molecule has 0 saturated carbocycles. The second-order valence-electron chi connectivity index (χ2n) is 8.62. The lowest BCUT2D eigenvalue weighted by Gasteiger charge is -2.10. The number of benzene rings is 1. The van der Waals surface area contributed by atoms with Gasteiger partial charge in [0.05, 0.1) is 6.10 Å². The topological polar surface area (TPSA) is 75.3 Å². The van der Waals surface area contributed by atoms with Crippen LogP contribution in [0.4, 0.5) is 0 Å². The third-order valence-electron chi connectivity index (χ3n) is 5.90. The van der Waals surface area contributed by atoms with E-state index >= 15 is 0 Å². The summed E-state index contributed by atoms with van der Waals surface area (Å²) in [4.78, 5) is 12.0. The van der Waals surface area contributed by atoms with Crippen molar-refractivity contribution in [3.05, 3.63) is 35.4 Å². The Balaban J connectivity index is 1.89. The molecule has 172 valence electrons. The van der Waals surface area contributed by atoms with Crippen molar-refractivity contribution in [3.63, 3.8) is 0 Å². The average Bonchev–Trinajstić information content (AvgIpc) is 2.76. The maximum atomic E-state index is 12.0. The van der Waals surface area contributed by atoms with Crippen molar-refractivity contribution in [1.82, 2.24) is 5.32 Å². The van der Waals surface area contributed by atoms with Crippen LogP contribution in [0.25, 0.3) is 0 Å². The fourth-order valence-electron chi connectivity index (χ4n) is 3.89. The van der Waals surface area contributed by atoms with Crippen LogP contribution in [0, 0.1) is 0 Å². The molecule has 1 aromatic carbocycles. The second kappa shape index (κ2) is 18.4. The number of hydrogen-bond acceptors (Lipinski definition) is 3. The predicted molar refractivity (Wildman–Crippen MR) is 127 cm³/mol. The Bertz CT molecular complexity index is 548. The molecule has 0 aliphatic rings. The molecule has 0 heterocycles. The first-order valence-corrected chi connectivity index (χ1v) is 12.4. The summed E-state index contributed by atoms with van der Waals surface area (Å²) in [5, 5.41) is 13.0. The lowest BCUT2D eigenvalue weighted by Crippen LogP contribution is -2.23. The van der Waals surface area contributed by atoms with Crippen LogP contribution >= 0.6 is 0 Å². The zero-order valence-electron chi connectivity index (χ0n) is 19.3. The number of carbonyl (C=O) groups is 1. The predicted octanol–water partition coefficient (Wildman–Crippen LogP) is 5.99. The quantitative estimate of drug-likeness (QED) is 0.241. The molecule has 4 N–H and O–H groups in total. The van der Waals surface area contributed by atoms with E-state index in [0.29, 0.717) is 19.5 Å². The minimum absolute atomic E-state index is 0.0863. The van der Waals surface area contributed by atoms with Gasteiger partial charge < -0.3 is 16.2 Å². The van der Waals surface area contributed by atoms with E-state index in [9.17, 15) is 9.90 Å². The Kier molecular flexibility index (Phi) is 16.3. The summed E-state index contributed by atoms with van der Waals surface area (Å²) >= 11 is 0. The highest BCUT2D eigenvalue weighted by molar-refractivity contribution is 5.75. The van der Waals surface area contributed by atoms with Gasteiger partial charge in [0.2, 0.25) is 5.91 Å². The number of nitrogens with one attached hydrogen (secondary N) is 1. The van der Waals surface area contributed by atoms with Crippen molar-refractivity contribution in [2.75, 3.05) is 0 Å². The number of aliphatic hydroxyl groups excluding tert-OH is 1. The van der Waals surface area contributed by atoms with Gasteiger partial charge in [0.1, 0.15) is 0 Å². The third kappa shape index (κ3) is 13.8. The number of hydrogen-bond donors (Lipinski definition) is 3. The summed E-state index contributed by atoms with van der Waals surface area (Å²) in [5.74, 6) is 0.134. The minimum atomic E-state index is -0.0863. The van der Waals surface area contributed by atoms with Crippen molar-refractivity contribution in [2.45, 2.75) is 122 Å². The second-order valence-corrected chi connectivity index (χ2v) is 8.62. The Hall–Kier alpha value is -1.39. The molecule has 1 amide bonds. The van der Waals surface area contributed by atoms with Gasteiger partial charge in [0.25, 0.3) is 0 Å². The van der Waals surface area contributed by atoms with Crippen LogP contribution in [0.5, 0.6) is 0 Å². The molecule has 4 nitrogen and oxygen atoms in total. The molecule has 0 aromatic heterocycles. The first-order chi connectivity index (χ1) is 14.7. The van der Waals surface area contributed by atoms with Crippen molar-refractivity contribution in [1.29, 1.82) is 0 Å². The smallest absolute Gasteiger partial charge is 0.220 e. The number of amides is 1. The summed E-state index contributed by atoms with van der Waals surface area (Å²) in [6, 6.07) is 8.00. The number of nitrogens with two attached hydrogens (primary N) is 1. The Morgan fingerprint density at radius 1 is 0.867 bits per heavy atom. The first-order valence-electron chi connectivity index (χ1n) is 12.4. The molecule has 1 rings (SSSR count). The molecule has 0 radical (unpaired) electrons. The monoisotopic (exact) mass is 418 g/mol. The van der Waals surface area contributed by atoms with E-state index in [1.807, 2.05) is 24.3 Å². The van der Waals surface area contributed by atoms with Crippen molar-refractivity contribution >= 4 is 5.91 Å². The molecule has 1 unspecified atom stereocenters. The summed E-state index contributed by atoms with van der Waals surface area (Å²) in [7, 11) is 0. The van der Waals surface area contributed by atoms with Crippen LogP contribution in [0.3, 0.4) is 0 Å². The van der Waals surface area contributed by atoms with Gasteiger partial charge >= 0.3 is 0 Å². The molecule has 0 saturated heterocycles. The molecule has 4 heteroatoms. The van der Waals surface area contributed by atoms with Crippen LogP contribution in [0.2, 0.25) is 0 Å². The van der Waals surface area contributed by atoms with E-state index in [4.69, 9.17) is 5.73 Å². The van der Waals surface area contributed by atoms with Crippen LogP contribution < -0.4 is 11.1 Å². The molecule has 0 fully saturated rings. The van der Waals surface area contributed by atoms with Crippen molar-refractivity contribution in [2.24, 2.45) is 5.73 Å². The highest BCUT2D eigenvalue weighted by Gasteiger charge is 2.05. The van der Waals surface area contributed by atoms with Gasteiger partial charge in [-0.1, -0.05) is 102 Å². The molecule has 0 aliphatic carbocycles. The fourth-order valence-corrected chi connectivity index (χ4v) is 3.89. The third-order valence-corrected chi connectivity index (χ3v) is 5.90. The van der Waals surface area contributed by atoms with Gasteiger partial charge in [-0.2, -0.15) is 0 Å². The number of unbranched alkanes of at least 4 members (excludes halogenated alkanes) is 10. The van der Waals surface area contributed by atoms with E-state index in [1.54, 1.807) is 0 Å². The molecular formula is C26H46N2O2. The van der Waals surface area contributed by atoms with Gasteiger partial charge in [-0.25, -0.2) is 0 Å². The zero-order valence-corrected chi connectivity index (χ0v) is 19.3. The Morgan fingerprint density at radius 2 is 1.40 bits per heavy atom. The summed E-state index contributed by atoms with van der Waals surface area (Å²) in [6.07, 6.45) is 17.0. The highest BCUT2D eigenvalue weighted by atomic mass is 16.3. The maximum absolute atomic E-state index is 12.0. The summed E-state index contributed by atoms with van der Waals surface area (Å²) in [6.45, 7) is 3.30. The van der Waals surface area contributed by atoms with E-state index in [-0.39, 0.29) is 12.0 Å². The lowest BCUT2D eigenvalue weighted by atomic mass is 10.0. The minimum Gasteiger partial charge on any atom is -0.393 e. The van der Waals surface area contributed by atoms with E-state index in [0.717, 1.165) is 43.2 Å². The molecule has 1 aromatic rings. The molecule has 1 atom stereocenters. The van der Waals surface area contributed by atoms with E-state index in [1.165, 1.54) is 57.8 Å². The maximum Gasteiger partial charge on any atom is 0.220 e. The molecule has 0 aliphatic heterocycles. The molecular weight excluding hydrogens is 372 g/mol. The average molecular weight is 419 g/mol. The van der Waals surface area contributed by atoms with Gasteiger partial charge in [0.15, 0.2) is 0 Å². The molecule has 0 bridgehead atoms. The number of aliphatic hydroxyl groups is 1. The van der Waals surface area contributed by atoms with Crippen LogP contribution in [0.15, 0.2) is 24.3 Å². The molecule has 30 heavy (non-hydrogen) atoms. The largest absolute Gasteiger partial charge is 0.393 e. The Labute approximate surface area is 185 Å². The normalized spacial score (nSPS) is 12.1. The Morgan fingerprint density at radius 3 is 2.00 bits per heavy atom. The highest BCUT2D eigenvalue weighted by Crippen LogP contribution is 2.14. The van der Waals surface area contributed by atoms with Gasteiger partial charge in [0, 0.05) is 19.5 Å². The van der Waals surface area contributed by atoms with Crippen molar-refractivity contribution < 1.29 is 9.90 Å². The van der Waals surface area contributed by atoms with Crippen LogP contribution in [-0.2, 0) is 17.9 Å². The standard InChI is InChI=1S/C26H46N2O2/c1-2-3-4-11-18-25(29)19-12-9-7-5-6-8-10-13-20-26(30)28-22-24-17-15-14-16-23(24)21-27/h14-17,25,29H,2-13,18-22,27H2,1H3,(H,28,30). The van der Waals surface area contributed by atoms with E-state index in [2.05, 4.69) is 12.2 Å². The summed E-state index contributed by atoms with van der Waals surface area (Å²) < 4.78 is 0. The molecule has 0 spiro atoms. The van der Waals surface area contributed by atoms with Gasteiger partial charge in [-0.3, -0.25) is 4.79 Å². The number of carbonyl (C=O) groups excluding carboxylic acids is 1. The lowest BCUT2D eigenvalue weighted by molar-refractivity contribution is -0.121. The van der Waals surface area contributed by atoms with Crippen molar-refractivity contribution in [3.8, 4) is 0 Å². The van der Waals surface area contributed by atoms with Crippen LogP contribution in [-0.4, -0.2) is 17.1 Å².